The van der Waals surface area contributed by atoms with Gasteiger partial charge in [0.25, 0.3) is 5.91 Å². The minimum Gasteiger partial charge on any atom is -0.508 e. The Morgan fingerprint density at radius 3 is 2.48 bits per heavy atom. The van der Waals surface area contributed by atoms with E-state index in [0.717, 1.165) is 5.56 Å². The van der Waals surface area contributed by atoms with Crippen molar-refractivity contribution in [3.05, 3.63) is 80.6 Å². The second kappa shape index (κ2) is 9.76. The van der Waals surface area contributed by atoms with Gasteiger partial charge in [0, 0.05) is 41.4 Å². The molecule has 3 atom stereocenters. The maximum Gasteiger partial charge on any atom is 0.255 e. The van der Waals surface area contributed by atoms with Crippen LogP contribution in [0, 0.1) is 11.8 Å². The van der Waals surface area contributed by atoms with Crippen molar-refractivity contribution >= 4 is 34.8 Å². The summed E-state index contributed by atoms with van der Waals surface area (Å²) >= 11 is 6.79. The molecule has 2 aromatic rings. The lowest BCUT2D eigenvalue weighted by molar-refractivity contribution is -0.147. The van der Waals surface area contributed by atoms with Crippen LogP contribution in [0.25, 0.3) is 5.76 Å². The molecule has 2 aromatic carbocycles. The molecule has 9 nitrogen and oxygen atoms in total. The lowest BCUT2D eigenvalue weighted by atomic mass is 9.59. The van der Waals surface area contributed by atoms with Gasteiger partial charge in [-0.2, -0.15) is 0 Å². The van der Waals surface area contributed by atoms with Gasteiger partial charge in [-0.15, -0.1) is 0 Å². The number of aliphatic hydroxyl groups excluding tert-OH is 2. The normalized spacial score (nSPS) is 24.5. The fourth-order valence-corrected chi connectivity index (χ4v) is 6.65. The number of phenols is 1. The average molecular weight is 567 g/mol. The number of phenolic OH excluding ortho intramolecular Hbond substituents is 1. The van der Waals surface area contributed by atoms with Gasteiger partial charge in [0.2, 0.25) is 5.78 Å². The number of carbonyl (C=O) groups is 3. The van der Waals surface area contributed by atoms with E-state index in [0.29, 0.717) is 29.2 Å². The van der Waals surface area contributed by atoms with Crippen LogP contribution in [0.1, 0.15) is 48.9 Å². The first-order chi connectivity index (χ1) is 18.8. The summed E-state index contributed by atoms with van der Waals surface area (Å²) < 4.78 is 0. The van der Waals surface area contributed by atoms with Crippen LogP contribution in [0.4, 0.5) is 0 Å². The van der Waals surface area contributed by atoms with E-state index in [9.17, 15) is 34.8 Å². The Morgan fingerprint density at radius 2 is 1.82 bits per heavy atom. The summed E-state index contributed by atoms with van der Waals surface area (Å²) in [6.45, 7) is 5.18. The van der Waals surface area contributed by atoms with Gasteiger partial charge in [-0.05, 0) is 41.5 Å². The molecule has 5 rings (SSSR count). The molecule has 0 aromatic heterocycles. The van der Waals surface area contributed by atoms with Crippen LogP contribution in [0.2, 0.25) is 5.02 Å². The minimum atomic E-state index is -2.59. The third kappa shape index (κ3) is 4.20. The molecule has 1 saturated carbocycles. The molecule has 0 spiro atoms. The highest BCUT2D eigenvalue weighted by Crippen LogP contribution is 2.53. The maximum absolute atomic E-state index is 13.6. The van der Waals surface area contributed by atoms with Gasteiger partial charge in [-0.1, -0.05) is 55.8 Å². The van der Waals surface area contributed by atoms with E-state index >= 15 is 0 Å². The number of benzene rings is 2. The Balaban J connectivity index is 1.48. The molecule has 0 radical (unpaired) electrons. The smallest absolute Gasteiger partial charge is 0.255 e. The Kier molecular flexibility index (Phi) is 6.81. The zero-order chi connectivity index (χ0) is 29.1. The monoisotopic (exact) mass is 566 g/mol. The number of hydrogen-bond donors (Lipinski definition) is 6. The molecule has 3 aliphatic rings. The van der Waals surface area contributed by atoms with Gasteiger partial charge in [-0.25, -0.2) is 0 Å². The summed E-state index contributed by atoms with van der Waals surface area (Å²) in [5.74, 6) is -6.67. The molecule has 0 bridgehead atoms. The van der Waals surface area contributed by atoms with E-state index < -0.39 is 52.0 Å². The van der Waals surface area contributed by atoms with E-state index in [1.54, 1.807) is 0 Å². The van der Waals surface area contributed by atoms with Gasteiger partial charge < -0.3 is 31.5 Å². The molecular weight excluding hydrogens is 536 g/mol. The predicted molar refractivity (Wildman–Crippen MR) is 148 cm³/mol. The van der Waals surface area contributed by atoms with E-state index in [2.05, 4.69) is 31.3 Å². The molecule has 1 amide bonds. The molecule has 0 aliphatic heterocycles. The van der Waals surface area contributed by atoms with Crippen LogP contribution in [-0.4, -0.2) is 50.0 Å². The first-order valence-corrected chi connectivity index (χ1v) is 13.4. The number of fused-ring (bicyclic) bond motifs is 3. The standard InChI is InChI=1S/C30H31ClN2O7/c1-29(2,16-6-4-3-5-7-16)13-33-12-15-10-19(34)22-18(24(15)31)9-14-8-17-11-20(35)23(28(32)39)27(38)30(17,40)26(37)21(14)25(22)36/h3-7,10,14,17,33-34,36,38,40H,8-9,11-13H2,1-2H3,(H2,32,39)/t14?,17-,30-/m0/s1. The molecule has 40 heavy (non-hydrogen) atoms. The number of aliphatic hydroxyl groups is 3. The van der Waals surface area contributed by atoms with Crippen molar-refractivity contribution in [1.82, 2.24) is 5.32 Å². The molecule has 1 fully saturated rings. The van der Waals surface area contributed by atoms with Crippen molar-refractivity contribution in [2.45, 2.75) is 50.7 Å². The van der Waals surface area contributed by atoms with E-state index in [-0.39, 0.29) is 41.6 Å². The number of Topliss-reactive ketones (excluding diaryl/α,β-unsaturated/α-hetero) is 2. The highest BCUT2D eigenvalue weighted by atomic mass is 35.5. The van der Waals surface area contributed by atoms with Gasteiger partial charge in [0.15, 0.2) is 11.4 Å². The number of hydrogen-bond acceptors (Lipinski definition) is 8. The summed E-state index contributed by atoms with van der Waals surface area (Å²) in [5.41, 5.74) is 3.63. The van der Waals surface area contributed by atoms with Crippen LogP contribution >= 0.6 is 11.6 Å². The number of ketones is 2. The summed E-state index contributed by atoms with van der Waals surface area (Å²) in [4.78, 5) is 37.9. The molecule has 7 N–H and O–H groups in total. The number of amides is 1. The zero-order valence-electron chi connectivity index (χ0n) is 22.1. The zero-order valence-corrected chi connectivity index (χ0v) is 22.9. The Hall–Kier alpha value is -3.66. The van der Waals surface area contributed by atoms with Crippen LogP contribution in [-0.2, 0) is 32.8 Å². The maximum atomic E-state index is 13.6. The summed E-state index contributed by atoms with van der Waals surface area (Å²) in [7, 11) is 0. The van der Waals surface area contributed by atoms with E-state index in [1.165, 1.54) is 6.07 Å². The summed E-state index contributed by atoms with van der Waals surface area (Å²) in [6, 6.07) is 11.5. The number of rotatable bonds is 6. The summed E-state index contributed by atoms with van der Waals surface area (Å²) in [6.07, 6.45) is -0.167. The average Bonchev–Trinajstić information content (AvgIpc) is 2.89. The van der Waals surface area contributed by atoms with Crippen molar-refractivity contribution in [3.63, 3.8) is 0 Å². The third-order valence-electron chi connectivity index (χ3n) is 8.51. The van der Waals surface area contributed by atoms with Crippen LogP contribution in [0.3, 0.4) is 0 Å². The summed E-state index contributed by atoms with van der Waals surface area (Å²) in [5, 5.41) is 47.8. The molecule has 10 heteroatoms. The Bertz CT molecular complexity index is 1510. The molecular formula is C30H31ClN2O7. The highest BCUT2D eigenvalue weighted by molar-refractivity contribution is 6.32. The van der Waals surface area contributed by atoms with Crippen molar-refractivity contribution in [3.8, 4) is 5.75 Å². The van der Waals surface area contributed by atoms with Crippen molar-refractivity contribution in [2.75, 3.05) is 6.54 Å². The third-order valence-corrected chi connectivity index (χ3v) is 8.98. The largest absolute Gasteiger partial charge is 0.508 e. The topological polar surface area (TPSA) is 170 Å². The molecule has 0 heterocycles. The van der Waals surface area contributed by atoms with Crippen LogP contribution in [0.5, 0.6) is 5.75 Å². The molecule has 0 saturated heterocycles. The highest BCUT2D eigenvalue weighted by Gasteiger charge is 2.60. The van der Waals surface area contributed by atoms with Crippen molar-refractivity contribution < 1.29 is 34.8 Å². The van der Waals surface area contributed by atoms with E-state index in [1.807, 2.05) is 18.2 Å². The van der Waals surface area contributed by atoms with Crippen LogP contribution in [0.15, 0.2) is 53.3 Å². The SMILES string of the molecule is CC(C)(CNCc1cc(O)c2c(c1Cl)CC1C[C@H]3CC(=O)C(C(N)=O)=C(O)[C@@]3(O)C(=O)C1=C2O)c1ccccc1. The number of nitrogens with one attached hydrogen (secondary N) is 1. The Morgan fingerprint density at radius 1 is 1.15 bits per heavy atom. The number of carbonyl (C=O) groups excluding carboxylic acids is 3. The second-order valence-electron chi connectivity index (χ2n) is 11.5. The van der Waals surface area contributed by atoms with E-state index in [4.69, 9.17) is 17.3 Å². The minimum absolute atomic E-state index is 0.0227. The number of nitrogens with two attached hydrogens (primary N) is 1. The van der Waals surface area contributed by atoms with Crippen LogP contribution < -0.4 is 11.1 Å². The molecule has 3 aliphatic carbocycles. The second-order valence-corrected chi connectivity index (χ2v) is 11.9. The lowest BCUT2D eigenvalue weighted by Crippen LogP contribution is -2.58. The Labute approximate surface area is 236 Å². The van der Waals surface area contributed by atoms with Gasteiger partial charge in [0.05, 0.1) is 5.56 Å². The van der Waals surface area contributed by atoms with Gasteiger partial charge >= 0.3 is 0 Å². The first-order valence-electron chi connectivity index (χ1n) is 13.1. The fourth-order valence-electron chi connectivity index (χ4n) is 6.35. The predicted octanol–water partition coefficient (Wildman–Crippen LogP) is 3.14. The fraction of sp³-hybridized carbons (Fsp3) is 0.367. The number of halogens is 1. The van der Waals surface area contributed by atoms with Crippen molar-refractivity contribution in [2.24, 2.45) is 17.6 Å². The lowest BCUT2D eigenvalue weighted by Gasteiger charge is -2.46. The molecule has 210 valence electrons. The number of primary amides is 1. The number of aromatic hydroxyl groups is 1. The first kappa shape index (κ1) is 27.9. The van der Waals surface area contributed by atoms with Gasteiger partial charge in [-0.3, -0.25) is 14.4 Å². The van der Waals surface area contributed by atoms with Crippen molar-refractivity contribution in [1.29, 1.82) is 0 Å². The van der Waals surface area contributed by atoms with Gasteiger partial charge in [0.1, 0.15) is 22.8 Å². The quantitative estimate of drug-likeness (QED) is 0.290. The molecule has 1 unspecified atom stereocenters.